The largest absolute Gasteiger partial charge is 0.497 e. The Morgan fingerprint density at radius 1 is 0.472 bits per heavy atom. The molecule has 0 radical (unpaired) electrons. The summed E-state index contributed by atoms with van der Waals surface area (Å²) in [5.74, 6) is 0.858. The number of aromatic nitrogens is 1. The summed E-state index contributed by atoms with van der Waals surface area (Å²) in [6.45, 7) is 0. The van der Waals surface area contributed by atoms with Gasteiger partial charge >= 0.3 is 0 Å². The summed E-state index contributed by atoms with van der Waals surface area (Å²) in [7, 11) is 1.70. The van der Waals surface area contributed by atoms with Crippen LogP contribution in [0.15, 0.2) is 121 Å². The Bertz CT molecular complexity index is 1860. The van der Waals surface area contributed by atoms with Crippen LogP contribution in [0.3, 0.4) is 0 Å². The molecule has 2 heteroatoms. The molecule has 0 saturated carbocycles. The first-order valence-electron chi connectivity index (χ1n) is 12.2. The SMILES string of the molecule is COc1ccc(-c2c3ccccc3c(-c3ccc4ccc5ccccc5c4n3)c3ccccc23)cc1. The maximum atomic E-state index is 5.41. The van der Waals surface area contributed by atoms with Crippen molar-refractivity contribution in [1.82, 2.24) is 4.98 Å². The molecular formula is C34H23NO. The van der Waals surface area contributed by atoms with Crippen molar-refractivity contribution in [3.63, 3.8) is 0 Å². The van der Waals surface area contributed by atoms with Gasteiger partial charge in [0.1, 0.15) is 5.75 Å². The molecule has 0 saturated heterocycles. The highest BCUT2D eigenvalue weighted by Gasteiger charge is 2.17. The van der Waals surface area contributed by atoms with Crippen molar-refractivity contribution in [2.45, 2.75) is 0 Å². The Morgan fingerprint density at radius 3 is 1.64 bits per heavy atom. The lowest BCUT2D eigenvalue weighted by atomic mass is 9.87. The molecule has 6 aromatic carbocycles. The lowest BCUT2D eigenvalue weighted by Gasteiger charge is -2.17. The topological polar surface area (TPSA) is 22.1 Å². The minimum Gasteiger partial charge on any atom is -0.497 e. The number of ether oxygens (including phenoxy) is 1. The van der Waals surface area contributed by atoms with Crippen molar-refractivity contribution >= 4 is 43.2 Å². The lowest BCUT2D eigenvalue weighted by Crippen LogP contribution is -1.93. The number of hydrogen-bond acceptors (Lipinski definition) is 2. The van der Waals surface area contributed by atoms with Gasteiger partial charge in [0.25, 0.3) is 0 Å². The van der Waals surface area contributed by atoms with Crippen LogP contribution in [0.2, 0.25) is 0 Å². The third kappa shape index (κ3) is 3.15. The van der Waals surface area contributed by atoms with Crippen LogP contribution in [0.25, 0.3) is 65.6 Å². The third-order valence-electron chi connectivity index (χ3n) is 7.15. The predicted octanol–water partition coefficient (Wildman–Crippen LogP) is 9.04. The van der Waals surface area contributed by atoms with Gasteiger partial charge in [-0.05, 0) is 56.3 Å². The molecule has 0 unspecified atom stereocenters. The van der Waals surface area contributed by atoms with Crippen LogP contribution in [0.1, 0.15) is 0 Å². The van der Waals surface area contributed by atoms with Crippen LogP contribution in [0.4, 0.5) is 0 Å². The Labute approximate surface area is 209 Å². The molecule has 0 atom stereocenters. The Morgan fingerprint density at radius 2 is 1.00 bits per heavy atom. The number of fused-ring (bicyclic) bond motifs is 5. The van der Waals surface area contributed by atoms with E-state index in [4.69, 9.17) is 9.72 Å². The van der Waals surface area contributed by atoms with E-state index < -0.39 is 0 Å². The maximum absolute atomic E-state index is 5.41. The molecule has 7 rings (SSSR count). The Balaban J connectivity index is 1.59. The average Bonchev–Trinajstić information content (AvgIpc) is 2.95. The summed E-state index contributed by atoms with van der Waals surface area (Å²) < 4.78 is 5.41. The van der Waals surface area contributed by atoms with E-state index in [9.17, 15) is 0 Å². The summed E-state index contributed by atoms with van der Waals surface area (Å²) in [4.78, 5) is 5.28. The second kappa shape index (κ2) is 8.21. The minimum atomic E-state index is 0.858. The van der Waals surface area contributed by atoms with Crippen LogP contribution in [0, 0.1) is 0 Å². The summed E-state index contributed by atoms with van der Waals surface area (Å²) in [6, 6.07) is 42.9. The zero-order valence-electron chi connectivity index (χ0n) is 19.9. The Hall–Kier alpha value is -4.69. The quantitative estimate of drug-likeness (QED) is 0.193. The molecule has 2 nitrogen and oxygen atoms in total. The van der Waals surface area contributed by atoms with E-state index >= 15 is 0 Å². The number of hydrogen-bond donors (Lipinski definition) is 0. The standard InChI is InChI=1S/C34H23NO/c1-36-25-19-16-23(17-20-25)32-27-10-4-6-12-29(27)33(30-13-7-5-11-28(30)32)31-21-18-24-15-14-22-8-2-3-9-26(22)34(24)35-31/h2-21H,1H3. The first-order valence-corrected chi connectivity index (χ1v) is 12.2. The molecule has 0 aliphatic rings. The van der Waals surface area contributed by atoms with E-state index in [1.807, 2.05) is 12.1 Å². The average molecular weight is 462 g/mol. The highest BCUT2D eigenvalue weighted by atomic mass is 16.5. The van der Waals surface area contributed by atoms with Gasteiger partial charge in [-0.2, -0.15) is 0 Å². The van der Waals surface area contributed by atoms with Crippen LogP contribution >= 0.6 is 0 Å². The fourth-order valence-electron chi connectivity index (χ4n) is 5.47. The van der Waals surface area contributed by atoms with Crippen molar-refractivity contribution in [3.8, 4) is 28.1 Å². The number of pyridine rings is 1. The number of rotatable bonds is 3. The predicted molar refractivity (Wildman–Crippen MR) is 152 cm³/mol. The van der Waals surface area contributed by atoms with Gasteiger partial charge in [-0.15, -0.1) is 0 Å². The molecule has 0 aliphatic carbocycles. The van der Waals surface area contributed by atoms with Gasteiger partial charge in [0.2, 0.25) is 0 Å². The fourth-order valence-corrected chi connectivity index (χ4v) is 5.47. The van der Waals surface area contributed by atoms with Crippen molar-refractivity contribution in [2.24, 2.45) is 0 Å². The van der Waals surface area contributed by atoms with E-state index in [1.54, 1.807) is 7.11 Å². The molecule has 1 aromatic heterocycles. The van der Waals surface area contributed by atoms with Gasteiger partial charge in [0, 0.05) is 16.3 Å². The monoisotopic (exact) mass is 461 g/mol. The molecular weight excluding hydrogens is 438 g/mol. The summed E-state index contributed by atoms with van der Waals surface area (Å²) >= 11 is 0. The summed E-state index contributed by atoms with van der Waals surface area (Å²) in [5, 5.41) is 8.39. The van der Waals surface area contributed by atoms with E-state index in [2.05, 4.69) is 109 Å². The van der Waals surface area contributed by atoms with Gasteiger partial charge in [-0.1, -0.05) is 103 Å². The molecule has 0 bridgehead atoms. The van der Waals surface area contributed by atoms with Crippen molar-refractivity contribution in [3.05, 3.63) is 121 Å². The molecule has 0 N–H and O–H groups in total. The van der Waals surface area contributed by atoms with Crippen LogP contribution in [-0.4, -0.2) is 12.1 Å². The summed E-state index contributed by atoms with van der Waals surface area (Å²) in [6.07, 6.45) is 0. The zero-order valence-corrected chi connectivity index (χ0v) is 19.9. The van der Waals surface area contributed by atoms with Gasteiger partial charge in [-0.3, -0.25) is 0 Å². The van der Waals surface area contributed by atoms with E-state index in [0.29, 0.717) is 0 Å². The molecule has 36 heavy (non-hydrogen) atoms. The Kier molecular flexibility index (Phi) is 4.71. The van der Waals surface area contributed by atoms with E-state index in [-0.39, 0.29) is 0 Å². The van der Waals surface area contributed by atoms with Crippen molar-refractivity contribution in [1.29, 1.82) is 0 Å². The maximum Gasteiger partial charge on any atom is 0.118 e. The van der Waals surface area contributed by atoms with Gasteiger partial charge in [0.15, 0.2) is 0 Å². The molecule has 1 heterocycles. The van der Waals surface area contributed by atoms with Crippen LogP contribution < -0.4 is 4.74 Å². The third-order valence-corrected chi connectivity index (χ3v) is 7.15. The molecule has 0 spiro atoms. The smallest absolute Gasteiger partial charge is 0.118 e. The molecule has 7 aromatic rings. The summed E-state index contributed by atoms with van der Waals surface area (Å²) in [5.41, 5.74) is 5.62. The van der Waals surface area contributed by atoms with Crippen molar-refractivity contribution in [2.75, 3.05) is 7.11 Å². The van der Waals surface area contributed by atoms with Crippen molar-refractivity contribution < 1.29 is 4.74 Å². The fraction of sp³-hybridized carbons (Fsp3) is 0.0294. The molecule has 170 valence electrons. The second-order valence-corrected chi connectivity index (χ2v) is 9.12. The first kappa shape index (κ1) is 20.7. The van der Waals surface area contributed by atoms with Gasteiger partial charge in [-0.25, -0.2) is 4.98 Å². The normalized spacial score (nSPS) is 11.5. The first-order chi connectivity index (χ1) is 17.8. The van der Waals surface area contributed by atoms with Gasteiger partial charge < -0.3 is 4.74 Å². The second-order valence-electron chi connectivity index (χ2n) is 9.12. The lowest BCUT2D eigenvalue weighted by molar-refractivity contribution is 0.415. The number of nitrogens with zero attached hydrogens (tertiary/aromatic N) is 1. The van der Waals surface area contributed by atoms with Gasteiger partial charge in [0.05, 0.1) is 18.3 Å². The van der Waals surface area contributed by atoms with E-state index in [0.717, 1.165) is 22.3 Å². The molecule has 0 fully saturated rings. The minimum absolute atomic E-state index is 0.858. The zero-order chi connectivity index (χ0) is 24.1. The van der Waals surface area contributed by atoms with Crippen LogP contribution in [0.5, 0.6) is 5.75 Å². The number of methoxy groups -OCH3 is 1. The van der Waals surface area contributed by atoms with Crippen LogP contribution in [-0.2, 0) is 0 Å². The highest BCUT2D eigenvalue weighted by Crippen LogP contribution is 2.43. The molecule has 0 aliphatic heterocycles. The molecule has 0 amide bonds. The van der Waals surface area contributed by atoms with E-state index in [1.165, 1.54) is 49.0 Å². The number of benzene rings is 6. The highest BCUT2D eigenvalue weighted by molar-refractivity contribution is 6.21.